The molecule has 0 saturated carbocycles. The van der Waals surface area contributed by atoms with Gasteiger partial charge in [0.25, 0.3) is 0 Å². The van der Waals surface area contributed by atoms with Gasteiger partial charge in [-0.2, -0.15) is 0 Å². The number of fused-ring (bicyclic) bond motifs is 4. The summed E-state index contributed by atoms with van der Waals surface area (Å²) in [5, 5.41) is 22.4. The molecule has 0 heterocycles. The Morgan fingerprint density at radius 2 is 0.577 bits per heavy atom. The zero-order valence-electron chi connectivity index (χ0n) is 28.0. The van der Waals surface area contributed by atoms with Gasteiger partial charge in [-0.15, -0.1) is 0 Å². The van der Waals surface area contributed by atoms with E-state index >= 15 is 0 Å². The van der Waals surface area contributed by atoms with E-state index in [-0.39, 0.29) is 0 Å². The Hall–Kier alpha value is -7.12. The maximum atomic E-state index is 3.70. The molecule has 0 fully saturated rings. The molecule has 0 heteroatoms. The molecule has 0 aliphatic carbocycles. The molecule has 0 unspecified atom stereocenters. The minimum atomic E-state index is 1.06. The number of hydrogen-bond donors (Lipinski definition) is 0. The van der Waals surface area contributed by atoms with Gasteiger partial charge in [-0.1, -0.05) is 157 Å². The molecule has 12 aromatic rings. The van der Waals surface area contributed by atoms with Crippen LogP contribution in [0, 0.1) is 23.7 Å². The molecule has 0 spiro atoms. The van der Waals surface area contributed by atoms with E-state index in [1.807, 2.05) is 0 Å². The van der Waals surface area contributed by atoms with E-state index in [4.69, 9.17) is 0 Å². The maximum Gasteiger partial charge on any atom is 0.0405 e. The Bertz CT molecular complexity index is 3300. The lowest BCUT2D eigenvalue weighted by atomic mass is 9.93. The van der Waals surface area contributed by atoms with Crippen LogP contribution in [-0.4, -0.2) is 0 Å². The third-order valence-corrected chi connectivity index (χ3v) is 11.3. The Balaban J connectivity index is 1.12. The van der Waals surface area contributed by atoms with Crippen molar-refractivity contribution in [3.63, 3.8) is 0 Å². The fourth-order valence-electron chi connectivity index (χ4n) is 9.03. The van der Waals surface area contributed by atoms with Crippen molar-refractivity contribution in [3.05, 3.63) is 180 Å². The number of benzene rings is 11. The van der Waals surface area contributed by atoms with Crippen molar-refractivity contribution in [1.82, 2.24) is 0 Å². The lowest BCUT2D eigenvalue weighted by Gasteiger charge is -2.09. The van der Waals surface area contributed by atoms with Crippen molar-refractivity contribution in [3.8, 4) is 23.7 Å². The molecule has 0 aromatic heterocycles. The van der Waals surface area contributed by atoms with Crippen molar-refractivity contribution in [2.75, 3.05) is 0 Å². The van der Waals surface area contributed by atoms with Crippen LogP contribution in [0.3, 0.4) is 0 Å². The lowest BCUT2D eigenvalue weighted by molar-refractivity contribution is 1.73. The van der Waals surface area contributed by atoms with Crippen LogP contribution in [0.25, 0.3) is 97.0 Å². The molecule has 12 aromatic carbocycles. The van der Waals surface area contributed by atoms with Gasteiger partial charge in [0.05, 0.1) is 0 Å². The smallest absolute Gasteiger partial charge is 0.0405 e. The van der Waals surface area contributed by atoms with Gasteiger partial charge in [-0.05, 0) is 121 Å². The van der Waals surface area contributed by atoms with E-state index in [1.165, 1.54) is 97.0 Å². The van der Waals surface area contributed by atoms with Crippen molar-refractivity contribution in [1.29, 1.82) is 0 Å². The van der Waals surface area contributed by atoms with Crippen molar-refractivity contribution >= 4 is 97.0 Å². The molecule has 0 aliphatic heterocycles. The van der Waals surface area contributed by atoms with E-state index in [1.54, 1.807) is 0 Å². The summed E-state index contributed by atoms with van der Waals surface area (Å²) in [5.74, 6) is 14.8. The van der Waals surface area contributed by atoms with Crippen molar-refractivity contribution in [2.45, 2.75) is 0 Å². The molecule has 52 heavy (non-hydrogen) atoms. The molecule has 0 bridgehead atoms. The monoisotopic (exact) mass is 650 g/mol. The van der Waals surface area contributed by atoms with Crippen LogP contribution >= 0.6 is 0 Å². The van der Waals surface area contributed by atoms with Gasteiger partial charge in [-0.3, -0.25) is 0 Å². The predicted octanol–water partition coefficient (Wildman–Crippen LogP) is 13.2. The summed E-state index contributed by atoms with van der Waals surface area (Å²) in [5.41, 5.74) is 4.30. The van der Waals surface area contributed by atoms with Gasteiger partial charge < -0.3 is 0 Å². The largest absolute Gasteiger partial charge is 0.0616 e. The summed E-state index contributed by atoms with van der Waals surface area (Å²) < 4.78 is 0. The van der Waals surface area contributed by atoms with Gasteiger partial charge >= 0.3 is 0 Å². The summed E-state index contributed by atoms with van der Waals surface area (Å²) in [7, 11) is 0. The van der Waals surface area contributed by atoms with Crippen LogP contribution in [0.4, 0.5) is 0 Å². The predicted molar refractivity (Wildman–Crippen MR) is 222 cm³/mol. The second-order valence-electron chi connectivity index (χ2n) is 14.1. The summed E-state index contributed by atoms with van der Waals surface area (Å²) in [6.07, 6.45) is 0. The average Bonchev–Trinajstić information content (AvgIpc) is 3.56. The number of rotatable bonds is 0. The highest BCUT2D eigenvalue weighted by atomic mass is 14.2. The van der Waals surface area contributed by atoms with Crippen molar-refractivity contribution in [2.24, 2.45) is 0 Å². The molecule has 234 valence electrons. The molecule has 0 radical (unpaired) electrons. The molecule has 0 amide bonds. The third-order valence-electron chi connectivity index (χ3n) is 11.3. The van der Waals surface area contributed by atoms with Crippen LogP contribution in [0.5, 0.6) is 0 Å². The molecular formula is C52H26. The Kier molecular flexibility index (Phi) is 5.44. The summed E-state index contributed by atoms with van der Waals surface area (Å²) in [4.78, 5) is 0. The van der Waals surface area contributed by atoms with E-state index in [0.29, 0.717) is 0 Å². The summed E-state index contributed by atoms with van der Waals surface area (Å²) in [6, 6.07) is 57.2. The number of hydrogen-bond acceptors (Lipinski definition) is 0. The first-order valence-corrected chi connectivity index (χ1v) is 17.9. The maximum absolute atomic E-state index is 3.70. The van der Waals surface area contributed by atoms with E-state index in [0.717, 1.165) is 22.3 Å². The topological polar surface area (TPSA) is 0 Å². The first-order chi connectivity index (χ1) is 25.8. The first-order valence-electron chi connectivity index (χ1n) is 17.9. The Labute approximate surface area is 299 Å². The van der Waals surface area contributed by atoms with Crippen LogP contribution in [0.2, 0.25) is 0 Å². The molecule has 0 N–H and O–H groups in total. The zero-order chi connectivity index (χ0) is 33.9. The average molecular weight is 651 g/mol. The van der Waals surface area contributed by atoms with Crippen LogP contribution < -0.4 is 0 Å². The van der Waals surface area contributed by atoms with E-state index in [9.17, 15) is 0 Å². The van der Waals surface area contributed by atoms with Gasteiger partial charge in [0, 0.05) is 22.3 Å². The summed E-state index contributed by atoms with van der Waals surface area (Å²) in [6.45, 7) is 0. The third kappa shape index (κ3) is 3.74. The van der Waals surface area contributed by atoms with Gasteiger partial charge in [-0.25, -0.2) is 0 Å². The minimum Gasteiger partial charge on any atom is -0.0616 e. The fourth-order valence-corrected chi connectivity index (χ4v) is 9.03. The highest BCUT2D eigenvalue weighted by Gasteiger charge is 2.22. The zero-order valence-corrected chi connectivity index (χ0v) is 28.0. The van der Waals surface area contributed by atoms with E-state index < -0.39 is 0 Å². The Morgan fingerprint density at radius 1 is 0.231 bits per heavy atom. The lowest BCUT2D eigenvalue weighted by Crippen LogP contribution is -1.87. The van der Waals surface area contributed by atoms with Gasteiger partial charge in [0.2, 0.25) is 0 Å². The van der Waals surface area contributed by atoms with Crippen molar-refractivity contribution < 1.29 is 0 Å². The first kappa shape index (κ1) is 27.7. The highest BCUT2D eigenvalue weighted by Crippen LogP contribution is 2.49. The second kappa shape index (κ2) is 10.2. The molecule has 0 atom stereocenters. The Morgan fingerprint density at radius 3 is 1.04 bits per heavy atom. The quantitative estimate of drug-likeness (QED) is 0.0870. The summed E-state index contributed by atoms with van der Waals surface area (Å²) >= 11 is 0. The fraction of sp³-hybridized carbons (Fsp3) is 0. The minimum absolute atomic E-state index is 1.06. The standard InChI is InChI=1S/C52H26/c1-5-13-40-32(9-1)27-33-10-2-6-14-41(33)46(40)25-20-36-29-38-18-17-31-19-23-44-37(30-39-22-24-45(36)52-49(38)48(31)51(44)50(39)52)21-26-47-42-15-7-3-11-34(42)28-35-12-4-8-16-43(35)47/h1-19,22-24,27-30H. The molecule has 0 nitrogen and oxygen atoms in total. The highest BCUT2D eigenvalue weighted by molar-refractivity contribution is 6.45. The van der Waals surface area contributed by atoms with E-state index in [2.05, 4.69) is 181 Å². The molecule has 0 aliphatic rings. The van der Waals surface area contributed by atoms with Crippen LogP contribution in [0.15, 0.2) is 158 Å². The normalized spacial score (nSPS) is 11.9. The molecule has 12 rings (SSSR count). The van der Waals surface area contributed by atoms with Crippen LogP contribution in [-0.2, 0) is 0 Å². The SMILES string of the molecule is C(#Cc1cc2ccc3c(C#Cc4c5ccccc5cc5ccccc45)cc4ccc5ccc1c1c5c4c3c21)c1c2ccccc2cc2ccccc12. The van der Waals surface area contributed by atoms with Gasteiger partial charge in [0.15, 0.2) is 0 Å². The van der Waals surface area contributed by atoms with Crippen LogP contribution in [0.1, 0.15) is 22.3 Å². The molecular weight excluding hydrogens is 625 g/mol. The van der Waals surface area contributed by atoms with Gasteiger partial charge in [0.1, 0.15) is 0 Å². The second-order valence-corrected chi connectivity index (χ2v) is 14.1. The molecule has 0 saturated heterocycles.